The molecule has 0 radical (unpaired) electrons. The van der Waals surface area contributed by atoms with Crippen molar-refractivity contribution in [1.82, 2.24) is 26.0 Å². The van der Waals surface area contributed by atoms with Crippen molar-refractivity contribution in [1.29, 1.82) is 0 Å². The summed E-state index contributed by atoms with van der Waals surface area (Å²) in [6, 6.07) is 12.3. The number of hydrogen-bond donors (Lipinski definition) is 4. The van der Waals surface area contributed by atoms with Gasteiger partial charge in [0.25, 0.3) is 11.8 Å². The summed E-state index contributed by atoms with van der Waals surface area (Å²) in [7, 11) is 0. The zero-order chi connectivity index (χ0) is 49.7. The molecule has 4 rings (SSSR count). The van der Waals surface area contributed by atoms with Crippen molar-refractivity contribution >= 4 is 41.4 Å². The van der Waals surface area contributed by atoms with E-state index in [1.165, 1.54) is 22.0 Å². The molecule has 7 unspecified atom stereocenters. The maximum atomic E-state index is 14.2. The number of aromatic hydroxyl groups is 1. The molecule has 4 N–H and O–H groups in total. The summed E-state index contributed by atoms with van der Waals surface area (Å²) in [4.78, 5) is 98.5. The zero-order valence-electron chi connectivity index (χ0n) is 41.6. The fraction of sp³-hybridized carbons (Fsp3) is 0.635. The number of likely N-dealkylation sites (tertiary alicyclic amines) is 1. The van der Waals surface area contributed by atoms with Crippen molar-refractivity contribution in [2.75, 3.05) is 13.1 Å². The molecule has 2 aliphatic rings. The first-order valence-electron chi connectivity index (χ1n) is 24.3. The summed E-state index contributed by atoms with van der Waals surface area (Å²) in [6.45, 7) is 20.4. The Kier molecular flexibility index (Phi) is 20.0. The first-order valence-corrected chi connectivity index (χ1v) is 24.3. The number of hydrogen-bond acceptors (Lipinski definition) is 11. The van der Waals surface area contributed by atoms with Gasteiger partial charge in [0.15, 0.2) is 0 Å². The minimum Gasteiger partial charge on any atom is -0.508 e. The number of esters is 2. The van der Waals surface area contributed by atoms with E-state index in [4.69, 9.17) is 9.47 Å². The van der Waals surface area contributed by atoms with Crippen LogP contribution in [0.2, 0.25) is 0 Å². The number of rotatable bonds is 21. The van der Waals surface area contributed by atoms with Gasteiger partial charge >= 0.3 is 11.9 Å². The molecule has 15 heteroatoms. The third-order valence-electron chi connectivity index (χ3n) is 13.5. The number of hydrazine groups is 1. The average molecular weight is 932 g/mol. The SMILES string of the molecule is CC(C)OC(=O)C1CCCN(C(=O)C(Cc2cccc(O)c2)NC(=O)C(NC(=O)C(C)CC2CCN(C(=O)C(=O)C(C)(C)C(C)C)C(C(=O)OC(CCc3ccccc3)C(C)C)C2)C(C)C)N1. The zero-order valence-corrected chi connectivity index (χ0v) is 41.6. The van der Waals surface area contributed by atoms with Gasteiger partial charge in [-0.05, 0) is 106 Å². The number of amides is 4. The minimum absolute atomic E-state index is 0.00781. The van der Waals surface area contributed by atoms with Crippen LogP contribution in [0.1, 0.15) is 126 Å². The standard InChI is InChI=1S/C52H77N5O10/c1-31(2)43(23-22-36-17-13-12-14-18-36)67-51(65)42-30-38(24-26-56(42)49(63)45(59)52(10,11)33(5)6)27-35(9)46(60)54-44(32(3)4)47(61)53-41(29-37-19-15-20-39(58)28-37)48(62)57-25-16-21-40(55-57)50(64)66-34(7)8/h12-15,17-20,28,31-35,38,40-44,55,58H,16,21-27,29-30H2,1-11H3,(H,53,61)(H,54,60). The maximum Gasteiger partial charge on any atom is 0.329 e. The first kappa shape index (κ1) is 54.3. The minimum atomic E-state index is -1.13. The largest absolute Gasteiger partial charge is 0.508 e. The van der Waals surface area contributed by atoms with Crippen molar-refractivity contribution in [3.8, 4) is 5.75 Å². The molecular formula is C52H77N5O10. The van der Waals surface area contributed by atoms with Gasteiger partial charge in [0.1, 0.15) is 36.0 Å². The van der Waals surface area contributed by atoms with E-state index in [0.717, 1.165) is 5.56 Å². The van der Waals surface area contributed by atoms with E-state index in [-0.39, 0.29) is 55.5 Å². The molecule has 2 heterocycles. The van der Waals surface area contributed by atoms with Crippen molar-refractivity contribution in [2.24, 2.45) is 35.0 Å². The third-order valence-corrected chi connectivity index (χ3v) is 13.5. The number of carbonyl (C=O) groups is 7. The van der Waals surface area contributed by atoms with E-state index in [0.29, 0.717) is 44.1 Å². The van der Waals surface area contributed by atoms with Crippen LogP contribution in [-0.2, 0) is 55.9 Å². The van der Waals surface area contributed by atoms with Crippen LogP contribution in [0.15, 0.2) is 54.6 Å². The van der Waals surface area contributed by atoms with E-state index in [9.17, 15) is 38.7 Å². The lowest BCUT2D eigenvalue weighted by atomic mass is 9.76. The molecule has 0 aliphatic carbocycles. The fourth-order valence-corrected chi connectivity index (χ4v) is 8.53. The van der Waals surface area contributed by atoms with Gasteiger partial charge < -0.3 is 30.1 Å². The van der Waals surface area contributed by atoms with Crippen molar-refractivity contribution < 1.29 is 48.1 Å². The van der Waals surface area contributed by atoms with E-state index in [1.807, 2.05) is 58.0 Å². The second-order valence-electron chi connectivity index (χ2n) is 20.5. The lowest BCUT2D eigenvalue weighted by Gasteiger charge is -2.40. The topological polar surface area (TPSA) is 201 Å². The summed E-state index contributed by atoms with van der Waals surface area (Å²) in [5, 5.41) is 17.3. The Balaban J connectivity index is 1.50. The van der Waals surface area contributed by atoms with Crippen LogP contribution in [0, 0.1) is 35.0 Å². The number of carbonyl (C=O) groups excluding carboxylic acids is 7. The van der Waals surface area contributed by atoms with Crippen molar-refractivity contribution in [2.45, 2.75) is 164 Å². The molecule has 2 fully saturated rings. The van der Waals surface area contributed by atoms with Gasteiger partial charge in [-0.1, -0.05) is 105 Å². The molecule has 0 aromatic heterocycles. The number of Topliss-reactive ketones (excluding diaryl/α,β-unsaturated/α-hetero) is 1. The lowest BCUT2D eigenvalue weighted by molar-refractivity contribution is -0.167. The highest BCUT2D eigenvalue weighted by Crippen LogP contribution is 2.34. The molecular weight excluding hydrogens is 855 g/mol. The molecule has 0 bridgehead atoms. The molecule has 2 aromatic carbocycles. The highest BCUT2D eigenvalue weighted by molar-refractivity contribution is 6.38. The first-order chi connectivity index (χ1) is 31.5. The highest BCUT2D eigenvalue weighted by Gasteiger charge is 2.45. The Labute approximate surface area is 397 Å². The quantitative estimate of drug-likeness (QED) is 0.0834. The molecule has 67 heavy (non-hydrogen) atoms. The number of ether oxygens (including phenoxy) is 2. The fourth-order valence-electron chi connectivity index (χ4n) is 8.53. The number of ketones is 1. The van der Waals surface area contributed by atoms with Gasteiger partial charge in [-0.3, -0.25) is 33.8 Å². The molecule has 0 spiro atoms. The monoisotopic (exact) mass is 932 g/mol. The van der Waals surface area contributed by atoms with Crippen LogP contribution in [0.5, 0.6) is 5.75 Å². The van der Waals surface area contributed by atoms with Gasteiger partial charge in [0.2, 0.25) is 17.6 Å². The second kappa shape index (κ2) is 24.6. The van der Waals surface area contributed by atoms with Gasteiger partial charge in [0, 0.05) is 30.8 Å². The molecule has 4 amide bonds. The van der Waals surface area contributed by atoms with E-state index in [1.54, 1.807) is 60.6 Å². The molecule has 370 valence electrons. The van der Waals surface area contributed by atoms with Crippen molar-refractivity contribution in [3.05, 3.63) is 65.7 Å². The van der Waals surface area contributed by atoms with E-state index >= 15 is 0 Å². The van der Waals surface area contributed by atoms with Gasteiger partial charge in [-0.15, -0.1) is 0 Å². The molecule has 0 saturated carbocycles. The predicted molar refractivity (Wildman–Crippen MR) is 255 cm³/mol. The summed E-state index contributed by atoms with van der Waals surface area (Å²) in [5.41, 5.74) is 3.72. The summed E-state index contributed by atoms with van der Waals surface area (Å²) < 4.78 is 11.6. The van der Waals surface area contributed by atoms with Crippen molar-refractivity contribution in [3.63, 3.8) is 0 Å². The van der Waals surface area contributed by atoms with Crippen LogP contribution < -0.4 is 16.1 Å². The lowest BCUT2D eigenvalue weighted by Crippen LogP contribution is -2.62. The number of nitrogens with one attached hydrogen (secondary N) is 3. The van der Waals surface area contributed by atoms with Crippen LogP contribution in [0.25, 0.3) is 0 Å². The Bertz CT molecular complexity index is 2020. The van der Waals surface area contributed by atoms with Gasteiger partial charge in [-0.2, -0.15) is 0 Å². The van der Waals surface area contributed by atoms with Crippen LogP contribution in [-0.4, -0.2) is 106 Å². The van der Waals surface area contributed by atoms with Crippen LogP contribution >= 0.6 is 0 Å². The van der Waals surface area contributed by atoms with Crippen LogP contribution in [0.4, 0.5) is 0 Å². The van der Waals surface area contributed by atoms with E-state index in [2.05, 4.69) is 16.1 Å². The second-order valence-corrected chi connectivity index (χ2v) is 20.5. The molecule has 15 nitrogen and oxygen atoms in total. The molecule has 2 saturated heterocycles. The summed E-state index contributed by atoms with van der Waals surface area (Å²) >= 11 is 0. The normalized spacial score (nSPS) is 19.7. The maximum absolute atomic E-state index is 14.2. The number of nitrogens with zero attached hydrogens (tertiary/aromatic N) is 2. The van der Waals surface area contributed by atoms with E-state index < -0.39 is 88.9 Å². The number of aryl methyl sites for hydroxylation is 1. The molecule has 2 aliphatic heterocycles. The Hall–Kier alpha value is -5.31. The summed E-state index contributed by atoms with van der Waals surface area (Å²) in [5.74, 6) is -5.20. The predicted octanol–water partition coefficient (Wildman–Crippen LogP) is 6.09. The summed E-state index contributed by atoms with van der Waals surface area (Å²) in [6.07, 6.45) is 2.45. The molecule has 2 aromatic rings. The number of benzene rings is 2. The smallest absolute Gasteiger partial charge is 0.329 e. The number of phenols is 1. The Morgan fingerprint density at radius 2 is 1.46 bits per heavy atom. The number of phenolic OH excluding ortho intramolecular Hbond substituents is 1. The Morgan fingerprint density at radius 3 is 2.07 bits per heavy atom. The van der Waals surface area contributed by atoms with Crippen LogP contribution in [0.3, 0.4) is 0 Å². The van der Waals surface area contributed by atoms with Gasteiger partial charge in [-0.25, -0.2) is 10.2 Å². The highest BCUT2D eigenvalue weighted by atomic mass is 16.5. The number of piperidine rings is 1. The molecule has 7 atom stereocenters. The average Bonchev–Trinajstić information content (AvgIpc) is 3.28. The van der Waals surface area contributed by atoms with Gasteiger partial charge in [0.05, 0.1) is 6.10 Å². The third kappa shape index (κ3) is 15.4. The Morgan fingerprint density at radius 1 is 0.791 bits per heavy atom.